The molecule has 1 aromatic heterocycles. The molecule has 0 unspecified atom stereocenters. The highest BCUT2D eigenvalue weighted by molar-refractivity contribution is 14.1. The summed E-state index contributed by atoms with van der Waals surface area (Å²) in [5.74, 6) is -0.449. The van der Waals surface area contributed by atoms with Crippen LogP contribution in [0.4, 0.5) is 13.2 Å². The SMILES string of the molecule is N#Cc1ncc(I)c(OC(F)(F)F)c1Br. The fourth-order valence-corrected chi connectivity index (χ4v) is 2.11. The first kappa shape index (κ1) is 12.5. The molecular formula is C7HBrF3IN2O. The Morgan fingerprint density at radius 2 is 2.13 bits per heavy atom. The molecule has 0 saturated carbocycles. The normalized spacial score (nSPS) is 10.9. The van der Waals surface area contributed by atoms with Gasteiger partial charge in [-0.05, 0) is 38.5 Å². The van der Waals surface area contributed by atoms with Crippen LogP contribution in [0.15, 0.2) is 10.7 Å². The second-order valence-corrected chi connectivity index (χ2v) is 4.21. The molecule has 0 spiro atoms. The largest absolute Gasteiger partial charge is 0.573 e. The molecule has 0 aliphatic carbocycles. The van der Waals surface area contributed by atoms with Crippen LogP contribution in [0.5, 0.6) is 5.75 Å². The van der Waals surface area contributed by atoms with Crippen molar-refractivity contribution < 1.29 is 17.9 Å². The lowest BCUT2D eigenvalue weighted by atomic mass is 10.3. The van der Waals surface area contributed by atoms with Crippen molar-refractivity contribution in [1.82, 2.24) is 4.98 Å². The number of nitriles is 1. The predicted octanol–water partition coefficient (Wildman–Crippen LogP) is 3.22. The van der Waals surface area contributed by atoms with E-state index in [1.54, 1.807) is 28.7 Å². The van der Waals surface area contributed by atoms with Gasteiger partial charge in [-0.25, -0.2) is 4.98 Å². The molecule has 0 radical (unpaired) electrons. The first-order valence-electron chi connectivity index (χ1n) is 3.35. The van der Waals surface area contributed by atoms with Gasteiger partial charge in [-0.1, -0.05) is 0 Å². The zero-order valence-corrected chi connectivity index (χ0v) is 10.5. The van der Waals surface area contributed by atoms with Crippen molar-refractivity contribution in [3.63, 3.8) is 0 Å². The second kappa shape index (κ2) is 4.52. The summed E-state index contributed by atoms with van der Waals surface area (Å²) in [5, 5.41) is 8.55. The van der Waals surface area contributed by atoms with Crippen LogP contribution in [0.2, 0.25) is 0 Å². The van der Waals surface area contributed by atoms with Gasteiger partial charge in [-0.2, -0.15) is 5.26 Å². The van der Waals surface area contributed by atoms with Crippen LogP contribution in [0.3, 0.4) is 0 Å². The van der Waals surface area contributed by atoms with Crippen LogP contribution in [0.25, 0.3) is 0 Å². The molecule has 3 nitrogen and oxygen atoms in total. The van der Waals surface area contributed by atoms with Crippen LogP contribution in [-0.4, -0.2) is 11.3 Å². The number of nitrogens with zero attached hydrogens (tertiary/aromatic N) is 2. The first-order chi connectivity index (χ1) is 6.85. The molecule has 15 heavy (non-hydrogen) atoms. The minimum atomic E-state index is -4.80. The van der Waals surface area contributed by atoms with Gasteiger partial charge in [0, 0.05) is 6.20 Å². The Bertz CT molecular complexity index is 429. The average Bonchev–Trinajstić information content (AvgIpc) is 2.11. The summed E-state index contributed by atoms with van der Waals surface area (Å²) in [6.45, 7) is 0. The van der Waals surface area contributed by atoms with Gasteiger partial charge in [0.05, 0.1) is 8.04 Å². The number of hydrogen-bond donors (Lipinski definition) is 0. The lowest BCUT2D eigenvalue weighted by Crippen LogP contribution is -2.18. The number of aromatic nitrogens is 1. The molecule has 0 amide bonds. The number of ether oxygens (including phenoxy) is 1. The third kappa shape index (κ3) is 3.20. The van der Waals surface area contributed by atoms with E-state index in [2.05, 4.69) is 25.7 Å². The van der Waals surface area contributed by atoms with E-state index in [1.165, 1.54) is 0 Å². The molecule has 0 aliphatic rings. The number of pyridine rings is 1. The van der Waals surface area contributed by atoms with Gasteiger partial charge in [0.15, 0.2) is 11.4 Å². The summed E-state index contributed by atoms with van der Waals surface area (Å²) in [5.41, 5.74) is -0.158. The Morgan fingerprint density at radius 1 is 1.53 bits per heavy atom. The zero-order chi connectivity index (χ0) is 11.6. The van der Waals surface area contributed by atoms with Gasteiger partial charge in [0.25, 0.3) is 0 Å². The van der Waals surface area contributed by atoms with Crippen LogP contribution in [0.1, 0.15) is 5.69 Å². The van der Waals surface area contributed by atoms with Gasteiger partial charge in [-0.15, -0.1) is 13.2 Å². The van der Waals surface area contributed by atoms with Crippen molar-refractivity contribution in [2.75, 3.05) is 0 Å². The fraction of sp³-hybridized carbons (Fsp3) is 0.143. The topological polar surface area (TPSA) is 45.9 Å². The van der Waals surface area contributed by atoms with Crippen LogP contribution < -0.4 is 4.74 Å². The molecular weight excluding hydrogens is 392 g/mol. The lowest BCUT2D eigenvalue weighted by Gasteiger charge is -2.12. The molecule has 0 aromatic carbocycles. The monoisotopic (exact) mass is 392 g/mol. The summed E-state index contributed by atoms with van der Waals surface area (Å²) < 4.78 is 39.8. The van der Waals surface area contributed by atoms with Gasteiger partial charge >= 0.3 is 6.36 Å². The molecule has 0 bridgehead atoms. The minimum Gasteiger partial charge on any atom is -0.403 e. The highest BCUT2D eigenvalue weighted by Gasteiger charge is 2.33. The van der Waals surface area contributed by atoms with E-state index in [-0.39, 0.29) is 13.7 Å². The van der Waals surface area contributed by atoms with Crippen molar-refractivity contribution in [1.29, 1.82) is 5.26 Å². The Kier molecular flexibility index (Phi) is 3.77. The third-order valence-corrected chi connectivity index (χ3v) is 2.76. The van der Waals surface area contributed by atoms with Crippen LogP contribution in [-0.2, 0) is 0 Å². The Hall–Kier alpha value is -0.560. The van der Waals surface area contributed by atoms with Crippen molar-refractivity contribution >= 4 is 38.5 Å². The molecule has 1 rings (SSSR count). The van der Waals surface area contributed by atoms with Crippen molar-refractivity contribution in [3.8, 4) is 11.8 Å². The molecule has 1 aromatic rings. The maximum absolute atomic E-state index is 12.0. The molecule has 0 saturated heterocycles. The van der Waals surface area contributed by atoms with E-state index in [4.69, 9.17) is 5.26 Å². The van der Waals surface area contributed by atoms with E-state index in [9.17, 15) is 13.2 Å². The first-order valence-corrected chi connectivity index (χ1v) is 5.22. The summed E-state index contributed by atoms with van der Waals surface area (Å²) in [6.07, 6.45) is -3.67. The maximum atomic E-state index is 12.0. The van der Waals surface area contributed by atoms with Gasteiger partial charge in [0.2, 0.25) is 0 Å². The second-order valence-electron chi connectivity index (χ2n) is 2.26. The van der Waals surface area contributed by atoms with E-state index >= 15 is 0 Å². The highest BCUT2D eigenvalue weighted by atomic mass is 127. The van der Waals surface area contributed by atoms with Crippen molar-refractivity contribution in [2.45, 2.75) is 6.36 Å². The molecule has 80 valence electrons. The standard InChI is InChI=1S/C7HBrF3IN2O/c8-5-4(1-13)14-2-3(12)6(5)15-7(9,10)11/h2H. The minimum absolute atomic E-state index is 0.103. The Labute approximate surface area is 105 Å². The molecule has 8 heteroatoms. The quantitative estimate of drug-likeness (QED) is 0.689. The summed E-state index contributed by atoms with van der Waals surface area (Å²) in [6, 6.07) is 1.64. The number of halogens is 5. The molecule has 0 fully saturated rings. The van der Waals surface area contributed by atoms with Crippen LogP contribution >= 0.6 is 38.5 Å². The Balaban J connectivity index is 3.23. The number of rotatable bonds is 1. The smallest absolute Gasteiger partial charge is 0.403 e. The lowest BCUT2D eigenvalue weighted by molar-refractivity contribution is -0.275. The van der Waals surface area contributed by atoms with Crippen molar-refractivity contribution in [3.05, 3.63) is 19.9 Å². The number of hydrogen-bond acceptors (Lipinski definition) is 3. The summed E-state index contributed by atoms with van der Waals surface area (Å²) in [4.78, 5) is 3.62. The molecule has 0 atom stereocenters. The molecule has 0 N–H and O–H groups in total. The summed E-state index contributed by atoms with van der Waals surface area (Å²) >= 11 is 4.46. The van der Waals surface area contributed by atoms with E-state index in [1.807, 2.05) is 0 Å². The van der Waals surface area contributed by atoms with E-state index in [0.717, 1.165) is 6.20 Å². The van der Waals surface area contributed by atoms with Gasteiger partial charge in [0.1, 0.15) is 6.07 Å². The summed E-state index contributed by atoms with van der Waals surface area (Å²) in [7, 11) is 0. The number of alkyl halides is 3. The highest BCUT2D eigenvalue weighted by Crippen LogP contribution is 2.35. The maximum Gasteiger partial charge on any atom is 0.573 e. The van der Waals surface area contributed by atoms with Gasteiger partial charge in [-0.3, -0.25) is 0 Å². The fourth-order valence-electron chi connectivity index (χ4n) is 0.736. The molecule has 1 heterocycles. The molecule has 0 aliphatic heterocycles. The van der Waals surface area contributed by atoms with Crippen molar-refractivity contribution in [2.24, 2.45) is 0 Å². The zero-order valence-electron chi connectivity index (χ0n) is 6.77. The predicted molar refractivity (Wildman–Crippen MR) is 56.1 cm³/mol. The average molecular weight is 393 g/mol. The Morgan fingerprint density at radius 3 is 2.60 bits per heavy atom. The van der Waals surface area contributed by atoms with Gasteiger partial charge < -0.3 is 4.74 Å². The third-order valence-electron chi connectivity index (χ3n) is 1.25. The van der Waals surface area contributed by atoms with Crippen LogP contribution in [0, 0.1) is 14.9 Å². The van der Waals surface area contributed by atoms with E-state index < -0.39 is 12.1 Å². The van der Waals surface area contributed by atoms with E-state index in [0.29, 0.717) is 0 Å².